The molecule has 1 atom stereocenters. The van der Waals surface area contributed by atoms with Crippen molar-refractivity contribution in [1.82, 2.24) is 4.90 Å². The lowest BCUT2D eigenvalue weighted by Crippen LogP contribution is -2.30. The second kappa shape index (κ2) is 8.34. The molecule has 23 heavy (non-hydrogen) atoms. The van der Waals surface area contributed by atoms with E-state index < -0.39 is 0 Å². The highest BCUT2D eigenvalue weighted by atomic mass is 16.5. The maximum absolute atomic E-state index is 12.4. The average Bonchev–Trinajstić information content (AvgIpc) is 2.59. The van der Waals surface area contributed by atoms with Crippen LogP contribution in [0.1, 0.15) is 35.9 Å². The third-order valence-corrected chi connectivity index (χ3v) is 3.89. The van der Waals surface area contributed by atoms with Crippen molar-refractivity contribution < 1.29 is 9.53 Å². The van der Waals surface area contributed by atoms with E-state index in [9.17, 15) is 4.79 Å². The monoisotopic (exact) mass is 312 g/mol. The molecule has 2 aromatic rings. The van der Waals surface area contributed by atoms with Gasteiger partial charge in [0.25, 0.3) is 0 Å². The smallest absolute Gasteiger partial charge is 0.338 e. The average molecular weight is 312 g/mol. The van der Waals surface area contributed by atoms with Crippen LogP contribution >= 0.6 is 0 Å². The van der Waals surface area contributed by atoms with E-state index in [0.29, 0.717) is 17.8 Å². The number of nitrogens with zero attached hydrogens (tertiary/aromatic N) is 1. The van der Waals surface area contributed by atoms with Crippen LogP contribution in [0.3, 0.4) is 0 Å². The molecule has 2 N–H and O–H groups in total. The highest BCUT2D eigenvalue weighted by Gasteiger charge is 2.20. The topological polar surface area (TPSA) is 55.6 Å². The third-order valence-electron chi connectivity index (χ3n) is 3.89. The first kappa shape index (κ1) is 17.0. The van der Waals surface area contributed by atoms with Crippen molar-refractivity contribution in [3.05, 3.63) is 65.7 Å². The van der Waals surface area contributed by atoms with Crippen LogP contribution in [0.25, 0.3) is 0 Å². The minimum Gasteiger partial charge on any atom is -0.453 e. The molecule has 0 spiro atoms. The Bertz CT molecular complexity index is 607. The molecule has 0 saturated carbocycles. The Kier molecular flexibility index (Phi) is 6.18. The van der Waals surface area contributed by atoms with E-state index in [2.05, 4.69) is 18.7 Å². The Morgan fingerprint density at radius 2 is 1.65 bits per heavy atom. The summed E-state index contributed by atoms with van der Waals surface area (Å²) < 4.78 is 5.78. The predicted octanol–water partition coefficient (Wildman–Crippen LogP) is 3.51. The van der Waals surface area contributed by atoms with Crippen LogP contribution in [0.4, 0.5) is 5.69 Å². The number of carbonyl (C=O) groups is 1. The van der Waals surface area contributed by atoms with Crippen LogP contribution in [-0.2, 0) is 4.74 Å². The van der Waals surface area contributed by atoms with Crippen LogP contribution in [-0.4, -0.2) is 30.5 Å². The zero-order valence-electron chi connectivity index (χ0n) is 13.7. The van der Waals surface area contributed by atoms with E-state index >= 15 is 0 Å². The summed E-state index contributed by atoms with van der Waals surface area (Å²) in [5.74, 6) is -0.328. The summed E-state index contributed by atoms with van der Waals surface area (Å²) in [7, 11) is 0. The summed E-state index contributed by atoms with van der Waals surface area (Å²) in [5, 5.41) is 0. The molecule has 0 saturated heterocycles. The summed E-state index contributed by atoms with van der Waals surface area (Å²) in [5.41, 5.74) is 7.81. The maximum Gasteiger partial charge on any atom is 0.338 e. The normalized spacial score (nSPS) is 12.1. The Balaban J connectivity index is 2.16. The molecular weight excluding hydrogens is 288 g/mol. The molecule has 0 aliphatic heterocycles. The van der Waals surface area contributed by atoms with Gasteiger partial charge in [0.2, 0.25) is 0 Å². The van der Waals surface area contributed by atoms with Crippen LogP contribution in [0, 0.1) is 0 Å². The number of esters is 1. The zero-order valence-corrected chi connectivity index (χ0v) is 13.7. The molecule has 4 nitrogen and oxygen atoms in total. The van der Waals surface area contributed by atoms with E-state index in [4.69, 9.17) is 10.5 Å². The molecule has 0 aliphatic carbocycles. The van der Waals surface area contributed by atoms with Gasteiger partial charge < -0.3 is 10.5 Å². The molecule has 1 unspecified atom stereocenters. The number of anilines is 1. The molecule has 0 aliphatic rings. The van der Waals surface area contributed by atoms with Gasteiger partial charge >= 0.3 is 5.97 Å². The Morgan fingerprint density at radius 3 is 2.22 bits per heavy atom. The summed E-state index contributed by atoms with van der Waals surface area (Å²) >= 11 is 0. The summed E-state index contributed by atoms with van der Waals surface area (Å²) in [6, 6.07) is 16.7. The van der Waals surface area contributed by atoms with Crippen LogP contribution < -0.4 is 5.73 Å². The minimum absolute atomic E-state index is 0.291. The SMILES string of the molecule is CCN(CC)CC(OC(=O)c1ccc(N)cc1)c1ccccc1. The molecule has 4 heteroatoms. The van der Waals surface area contributed by atoms with Gasteiger partial charge in [-0.1, -0.05) is 44.2 Å². The van der Waals surface area contributed by atoms with Gasteiger partial charge in [-0.25, -0.2) is 4.79 Å². The summed E-state index contributed by atoms with van der Waals surface area (Å²) in [6.45, 7) is 6.72. The van der Waals surface area contributed by atoms with Gasteiger partial charge in [-0.15, -0.1) is 0 Å². The second-order valence-electron chi connectivity index (χ2n) is 5.41. The van der Waals surface area contributed by atoms with Crippen molar-refractivity contribution in [3.8, 4) is 0 Å². The molecule has 0 amide bonds. The fourth-order valence-corrected chi connectivity index (χ4v) is 2.41. The number of nitrogens with two attached hydrogens (primary N) is 1. The molecule has 0 fully saturated rings. The van der Waals surface area contributed by atoms with Crippen LogP contribution in [0.15, 0.2) is 54.6 Å². The van der Waals surface area contributed by atoms with E-state index in [1.807, 2.05) is 30.3 Å². The molecule has 0 heterocycles. The molecule has 122 valence electrons. The van der Waals surface area contributed by atoms with E-state index in [-0.39, 0.29) is 12.1 Å². The van der Waals surface area contributed by atoms with Crippen molar-refractivity contribution in [2.24, 2.45) is 0 Å². The second-order valence-corrected chi connectivity index (χ2v) is 5.41. The Labute approximate surface area is 137 Å². The van der Waals surface area contributed by atoms with Gasteiger partial charge in [-0.2, -0.15) is 0 Å². The van der Waals surface area contributed by atoms with E-state index in [0.717, 1.165) is 18.7 Å². The van der Waals surface area contributed by atoms with Gasteiger partial charge in [-0.3, -0.25) is 4.90 Å². The minimum atomic E-state index is -0.328. The first-order chi connectivity index (χ1) is 11.1. The van der Waals surface area contributed by atoms with Gasteiger partial charge in [0.05, 0.1) is 5.56 Å². The summed E-state index contributed by atoms with van der Waals surface area (Å²) in [4.78, 5) is 14.7. The Hall–Kier alpha value is -2.33. The maximum atomic E-state index is 12.4. The van der Waals surface area contributed by atoms with Gasteiger partial charge in [0.1, 0.15) is 6.10 Å². The molecule has 2 aromatic carbocycles. The van der Waals surface area contributed by atoms with Crippen molar-refractivity contribution >= 4 is 11.7 Å². The molecule has 0 aromatic heterocycles. The van der Waals surface area contributed by atoms with Crippen molar-refractivity contribution in [1.29, 1.82) is 0 Å². The lowest BCUT2D eigenvalue weighted by molar-refractivity contribution is 0.0204. The van der Waals surface area contributed by atoms with Crippen molar-refractivity contribution in [3.63, 3.8) is 0 Å². The van der Waals surface area contributed by atoms with Crippen molar-refractivity contribution in [2.45, 2.75) is 20.0 Å². The van der Waals surface area contributed by atoms with Gasteiger partial charge in [-0.05, 0) is 42.9 Å². The molecule has 2 rings (SSSR count). The van der Waals surface area contributed by atoms with E-state index in [1.165, 1.54) is 0 Å². The number of carbonyl (C=O) groups excluding carboxylic acids is 1. The fraction of sp³-hybridized carbons (Fsp3) is 0.316. The van der Waals surface area contributed by atoms with Gasteiger partial charge in [0.15, 0.2) is 0 Å². The van der Waals surface area contributed by atoms with Crippen LogP contribution in [0.2, 0.25) is 0 Å². The number of ether oxygens (including phenoxy) is 1. The highest BCUT2D eigenvalue weighted by Crippen LogP contribution is 2.21. The quantitative estimate of drug-likeness (QED) is 0.628. The standard InChI is InChI=1S/C19H24N2O2/c1-3-21(4-2)14-18(15-8-6-5-7-9-15)23-19(22)16-10-12-17(20)13-11-16/h5-13,18H,3-4,14,20H2,1-2H3. The number of rotatable bonds is 7. The highest BCUT2D eigenvalue weighted by molar-refractivity contribution is 5.89. The molecular formula is C19H24N2O2. The lowest BCUT2D eigenvalue weighted by Gasteiger charge is -2.25. The first-order valence-corrected chi connectivity index (χ1v) is 7.97. The van der Waals surface area contributed by atoms with Crippen LogP contribution in [0.5, 0.6) is 0 Å². The summed E-state index contributed by atoms with van der Waals surface area (Å²) in [6.07, 6.45) is -0.291. The zero-order chi connectivity index (χ0) is 16.7. The predicted molar refractivity (Wildman–Crippen MR) is 93.2 cm³/mol. The largest absolute Gasteiger partial charge is 0.453 e. The molecule has 0 radical (unpaired) electrons. The van der Waals surface area contributed by atoms with E-state index in [1.54, 1.807) is 24.3 Å². The molecule has 0 bridgehead atoms. The fourth-order valence-electron chi connectivity index (χ4n) is 2.41. The number of benzene rings is 2. The van der Waals surface area contributed by atoms with Crippen molar-refractivity contribution in [2.75, 3.05) is 25.4 Å². The number of hydrogen-bond acceptors (Lipinski definition) is 4. The third kappa shape index (κ3) is 4.83. The Morgan fingerprint density at radius 1 is 1.04 bits per heavy atom. The number of hydrogen-bond donors (Lipinski definition) is 1. The first-order valence-electron chi connectivity index (χ1n) is 7.97. The van der Waals surface area contributed by atoms with Gasteiger partial charge in [0, 0.05) is 12.2 Å². The lowest BCUT2D eigenvalue weighted by atomic mass is 10.1. The number of likely N-dealkylation sites (N-methyl/N-ethyl adjacent to an activating group) is 1. The number of nitrogen functional groups attached to an aromatic ring is 1.